The van der Waals surface area contributed by atoms with Crippen LogP contribution in [0.1, 0.15) is 5.56 Å². The van der Waals surface area contributed by atoms with Gasteiger partial charge in [-0.2, -0.15) is 5.26 Å². The molecule has 1 fully saturated rings. The summed E-state index contributed by atoms with van der Waals surface area (Å²) in [5.41, 5.74) is 2.12. The fraction of sp³-hybridized carbons (Fsp3) is 0.375. The second-order valence-electron chi connectivity index (χ2n) is 5.35. The van der Waals surface area contributed by atoms with Gasteiger partial charge in [-0.25, -0.2) is 0 Å². The first kappa shape index (κ1) is 13.7. The third-order valence-electron chi connectivity index (χ3n) is 4.04. The Hall–Kier alpha value is -2.32. The summed E-state index contributed by atoms with van der Waals surface area (Å²) >= 11 is 0. The van der Waals surface area contributed by atoms with Gasteiger partial charge < -0.3 is 9.88 Å². The molecule has 0 spiro atoms. The number of carbonyl (C=O) groups is 1. The molecular weight excluding hydrogens is 264 g/mol. The van der Waals surface area contributed by atoms with E-state index in [4.69, 9.17) is 5.26 Å². The molecule has 0 saturated carbocycles. The lowest BCUT2D eigenvalue weighted by molar-refractivity contribution is -0.132. The Labute approximate surface area is 123 Å². The van der Waals surface area contributed by atoms with Crippen molar-refractivity contribution in [3.63, 3.8) is 0 Å². The van der Waals surface area contributed by atoms with Crippen molar-refractivity contribution in [2.75, 3.05) is 32.7 Å². The highest BCUT2D eigenvalue weighted by Crippen LogP contribution is 2.19. The van der Waals surface area contributed by atoms with Crippen LogP contribution in [0.2, 0.25) is 0 Å². The highest BCUT2D eigenvalue weighted by atomic mass is 16.2. The Morgan fingerprint density at radius 3 is 2.76 bits per heavy atom. The predicted octanol–water partition coefficient (Wildman–Crippen LogP) is 1.38. The van der Waals surface area contributed by atoms with E-state index in [1.54, 1.807) is 0 Å². The van der Waals surface area contributed by atoms with Crippen LogP contribution in [0.3, 0.4) is 0 Å². The molecule has 1 N–H and O–H groups in total. The second kappa shape index (κ2) is 5.98. The van der Waals surface area contributed by atoms with Gasteiger partial charge in [0.1, 0.15) is 0 Å². The van der Waals surface area contributed by atoms with E-state index in [0.29, 0.717) is 26.1 Å². The topological polar surface area (TPSA) is 63.1 Å². The zero-order chi connectivity index (χ0) is 14.7. The monoisotopic (exact) mass is 282 g/mol. The number of carbonyl (C=O) groups excluding carboxylic acids is 1. The van der Waals surface area contributed by atoms with E-state index in [2.05, 4.69) is 16.0 Å². The molecule has 0 bridgehead atoms. The number of aromatic nitrogens is 1. The number of hydrogen-bond acceptors (Lipinski definition) is 3. The predicted molar refractivity (Wildman–Crippen MR) is 80.6 cm³/mol. The van der Waals surface area contributed by atoms with E-state index in [9.17, 15) is 4.79 Å². The van der Waals surface area contributed by atoms with E-state index < -0.39 is 0 Å². The first-order chi connectivity index (χ1) is 10.3. The molecule has 2 aromatic rings. The highest BCUT2D eigenvalue weighted by Gasteiger charge is 2.21. The number of nitriles is 1. The van der Waals surface area contributed by atoms with Crippen LogP contribution in [-0.4, -0.2) is 53.4 Å². The lowest BCUT2D eigenvalue weighted by Gasteiger charge is -2.33. The van der Waals surface area contributed by atoms with Gasteiger partial charge in [-0.15, -0.1) is 0 Å². The number of nitrogens with zero attached hydrogens (tertiary/aromatic N) is 3. The average molecular weight is 282 g/mol. The lowest BCUT2D eigenvalue weighted by atomic mass is 10.1. The summed E-state index contributed by atoms with van der Waals surface area (Å²) in [5.74, 6) is 0.163. The van der Waals surface area contributed by atoms with Crippen LogP contribution in [0.15, 0.2) is 30.5 Å². The number of amides is 1. The number of H-pyrrole nitrogens is 1. The molecule has 1 aromatic heterocycles. The summed E-state index contributed by atoms with van der Waals surface area (Å²) < 4.78 is 0. The molecule has 0 atom stereocenters. The van der Waals surface area contributed by atoms with Crippen LogP contribution in [-0.2, 0) is 11.2 Å². The second-order valence-corrected chi connectivity index (χ2v) is 5.35. The molecule has 0 unspecified atom stereocenters. The van der Waals surface area contributed by atoms with Gasteiger partial charge >= 0.3 is 0 Å². The minimum Gasteiger partial charge on any atom is -0.361 e. The van der Waals surface area contributed by atoms with Crippen LogP contribution < -0.4 is 0 Å². The van der Waals surface area contributed by atoms with Crippen LogP contribution in [0, 0.1) is 11.3 Å². The largest absolute Gasteiger partial charge is 0.361 e. The van der Waals surface area contributed by atoms with Crippen LogP contribution >= 0.6 is 0 Å². The van der Waals surface area contributed by atoms with Crippen molar-refractivity contribution in [3.8, 4) is 6.07 Å². The molecular formula is C16H18N4O. The van der Waals surface area contributed by atoms with Gasteiger partial charge in [-0.05, 0) is 11.6 Å². The van der Waals surface area contributed by atoms with Crippen LogP contribution in [0.5, 0.6) is 0 Å². The van der Waals surface area contributed by atoms with Crippen molar-refractivity contribution in [2.24, 2.45) is 0 Å². The van der Waals surface area contributed by atoms with Gasteiger partial charge in [0.2, 0.25) is 5.91 Å². The van der Waals surface area contributed by atoms with E-state index in [1.165, 1.54) is 0 Å². The first-order valence-electron chi connectivity index (χ1n) is 7.20. The summed E-state index contributed by atoms with van der Waals surface area (Å²) in [7, 11) is 0. The quantitative estimate of drug-likeness (QED) is 0.865. The van der Waals surface area contributed by atoms with E-state index in [1.807, 2.05) is 35.4 Å². The Balaban J connectivity index is 1.63. The zero-order valence-corrected chi connectivity index (χ0v) is 11.9. The smallest absolute Gasteiger partial charge is 0.227 e. The molecule has 1 aliphatic heterocycles. The number of benzene rings is 1. The fourth-order valence-electron chi connectivity index (χ4n) is 2.81. The van der Waals surface area contributed by atoms with Gasteiger partial charge in [-0.3, -0.25) is 9.69 Å². The Morgan fingerprint density at radius 2 is 2.00 bits per heavy atom. The summed E-state index contributed by atoms with van der Waals surface area (Å²) in [6, 6.07) is 10.2. The molecule has 1 aromatic carbocycles. The molecule has 1 saturated heterocycles. The number of aromatic amines is 1. The molecule has 1 aliphatic rings. The molecule has 0 aliphatic carbocycles. The Bertz CT molecular complexity index is 677. The minimum absolute atomic E-state index is 0.163. The molecule has 0 radical (unpaired) electrons. The summed E-state index contributed by atoms with van der Waals surface area (Å²) in [5, 5.41) is 9.81. The van der Waals surface area contributed by atoms with Crippen molar-refractivity contribution >= 4 is 16.8 Å². The van der Waals surface area contributed by atoms with Gasteiger partial charge in [0.25, 0.3) is 0 Å². The Kier molecular flexibility index (Phi) is 3.89. The minimum atomic E-state index is 0.163. The summed E-state index contributed by atoms with van der Waals surface area (Å²) in [6.45, 7) is 3.44. The van der Waals surface area contributed by atoms with Crippen LogP contribution in [0.4, 0.5) is 0 Å². The number of rotatable bonds is 3. The van der Waals surface area contributed by atoms with E-state index >= 15 is 0 Å². The highest BCUT2D eigenvalue weighted by molar-refractivity contribution is 5.88. The molecule has 21 heavy (non-hydrogen) atoms. The summed E-state index contributed by atoms with van der Waals surface area (Å²) in [4.78, 5) is 19.6. The average Bonchev–Trinajstić information content (AvgIpc) is 2.92. The molecule has 5 nitrogen and oxygen atoms in total. The maximum Gasteiger partial charge on any atom is 0.227 e. The zero-order valence-electron chi connectivity index (χ0n) is 11.9. The number of piperazine rings is 1. The third kappa shape index (κ3) is 2.91. The lowest BCUT2D eigenvalue weighted by Crippen LogP contribution is -2.49. The SMILES string of the molecule is N#CCN1CCN(C(=O)Cc2c[nH]c3ccccc23)CC1. The van der Waals surface area contributed by atoms with E-state index in [-0.39, 0.29) is 5.91 Å². The van der Waals surface area contributed by atoms with Crippen molar-refractivity contribution in [1.29, 1.82) is 5.26 Å². The molecule has 1 amide bonds. The van der Waals surface area contributed by atoms with Crippen molar-refractivity contribution < 1.29 is 4.79 Å². The maximum atomic E-state index is 12.4. The van der Waals surface area contributed by atoms with Gasteiger partial charge in [0, 0.05) is 43.3 Å². The molecule has 3 rings (SSSR count). The van der Waals surface area contributed by atoms with Crippen molar-refractivity contribution in [3.05, 3.63) is 36.0 Å². The number of hydrogen-bond donors (Lipinski definition) is 1. The van der Waals surface area contributed by atoms with Crippen molar-refractivity contribution in [1.82, 2.24) is 14.8 Å². The van der Waals surface area contributed by atoms with Gasteiger partial charge in [-0.1, -0.05) is 18.2 Å². The van der Waals surface area contributed by atoms with Crippen molar-refractivity contribution in [2.45, 2.75) is 6.42 Å². The summed E-state index contributed by atoms with van der Waals surface area (Å²) in [6.07, 6.45) is 2.36. The normalized spacial score (nSPS) is 16.0. The fourth-order valence-corrected chi connectivity index (χ4v) is 2.81. The standard InChI is InChI=1S/C16H18N4O/c17-5-6-19-7-9-20(10-8-19)16(21)11-13-12-18-15-4-2-1-3-14(13)15/h1-4,12,18H,6-11H2. The third-order valence-corrected chi connectivity index (χ3v) is 4.04. The molecule has 5 heteroatoms. The first-order valence-corrected chi connectivity index (χ1v) is 7.20. The van der Waals surface area contributed by atoms with E-state index in [0.717, 1.165) is 29.6 Å². The van der Waals surface area contributed by atoms with Gasteiger partial charge in [0.05, 0.1) is 19.0 Å². The molecule has 2 heterocycles. The van der Waals surface area contributed by atoms with Crippen LogP contribution in [0.25, 0.3) is 10.9 Å². The Morgan fingerprint density at radius 1 is 1.24 bits per heavy atom. The maximum absolute atomic E-state index is 12.4. The number of para-hydroxylation sites is 1. The van der Waals surface area contributed by atoms with Gasteiger partial charge in [0.15, 0.2) is 0 Å². The molecule has 108 valence electrons. The number of nitrogens with one attached hydrogen (secondary N) is 1. The number of fused-ring (bicyclic) bond motifs is 1.